The average molecular weight is 261 g/mol. The lowest BCUT2D eigenvalue weighted by Gasteiger charge is -2.10. The molecule has 1 aromatic carbocycles. The molecule has 0 unspecified atom stereocenters. The number of esters is 1. The highest BCUT2D eigenvalue weighted by Crippen LogP contribution is 2.21. The van der Waals surface area contributed by atoms with Crippen LogP contribution in [0.25, 0.3) is 0 Å². The zero-order chi connectivity index (χ0) is 13.8. The van der Waals surface area contributed by atoms with Gasteiger partial charge in [0, 0.05) is 5.69 Å². The van der Waals surface area contributed by atoms with E-state index in [9.17, 15) is 9.18 Å². The van der Waals surface area contributed by atoms with E-state index in [1.54, 1.807) is 12.1 Å². The first-order valence-electron chi connectivity index (χ1n) is 5.46. The van der Waals surface area contributed by atoms with Crippen LogP contribution in [-0.4, -0.2) is 18.1 Å². The molecule has 1 heterocycles. The highest BCUT2D eigenvalue weighted by atomic mass is 19.1. The molecule has 5 nitrogen and oxygen atoms in total. The molecule has 98 valence electrons. The lowest BCUT2D eigenvalue weighted by Crippen LogP contribution is -2.08. The minimum Gasteiger partial charge on any atom is -0.465 e. The summed E-state index contributed by atoms with van der Waals surface area (Å²) in [7, 11) is 1.26. The molecule has 0 aliphatic carbocycles. The molecule has 0 saturated carbocycles. The number of methoxy groups -OCH3 is 1. The molecule has 1 aromatic heterocycles. The van der Waals surface area contributed by atoms with Crippen LogP contribution in [0.1, 0.15) is 10.4 Å². The van der Waals surface area contributed by atoms with Crippen LogP contribution >= 0.6 is 0 Å². The monoisotopic (exact) mass is 261 g/mol. The molecule has 0 atom stereocenters. The fourth-order valence-corrected chi connectivity index (χ4v) is 1.55. The first kappa shape index (κ1) is 12.8. The fraction of sp³-hybridized carbons (Fsp3) is 0.0769. The summed E-state index contributed by atoms with van der Waals surface area (Å²) in [5, 5.41) is 2.85. The Morgan fingerprint density at radius 1 is 1.42 bits per heavy atom. The van der Waals surface area contributed by atoms with Gasteiger partial charge in [-0.25, -0.2) is 14.2 Å². The number of halogens is 1. The van der Waals surface area contributed by atoms with E-state index in [1.807, 2.05) is 0 Å². The van der Waals surface area contributed by atoms with E-state index in [2.05, 4.69) is 15.0 Å². The van der Waals surface area contributed by atoms with E-state index in [1.165, 1.54) is 31.5 Å². The van der Waals surface area contributed by atoms with Crippen molar-refractivity contribution in [1.82, 2.24) is 4.98 Å². The van der Waals surface area contributed by atoms with Gasteiger partial charge in [0.25, 0.3) is 0 Å². The second-order valence-electron chi connectivity index (χ2n) is 3.79. The molecule has 19 heavy (non-hydrogen) atoms. The largest absolute Gasteiger partial charge is 0.465 e. The third kappa shape index (κ3) is 2.98. The van der Waals surface area contributed by atoms with Crippen LogP contribution in [0.3, 0.4) is 0 Å². The van der Waals surface area contributed by atoms with E-state index in [-0.39, 0.29) is 17.2 Å². The minimum absolute atomic E-state index is 0.187. The quantitative estimate of drug-likeness (QED) is 0.829. The highest BCUT2D eigenvalue weighted by molar-refractivity contribution is 5.96. The molecule has 0 spiro atoms. The molecule has 3 N–H and O–H groups in total. The standard InChI is InChI=1S/C13H12FN3O2/c1-19-13(18)11-6-9(15)7-16-12(11)17-10-4-2-3-8(14)5-10/h2-7H,15H2,1H3,(H,16,17). The van der Waals surface area contributed by atoms with Gasteiger partial charge in [0.15, 0.2) is 0 Å². The molecule has 0 aliphatic heterocycles. The van der Waals surface area contributed by atoms with Crippen molar-refractivity contribution in [1.29, 1.82) is 0 Å². The Labute approximate surface area is 109 Å². The summed E-state index contributed by atoms with van der Waals surface area (Å²) in [5.41, 5.74) is 6.58. The molecule has 0 fully saturated rings. The Kier molecular flexibility index (Phi) is 3.61. The number of nitrogens with one attached hydrogen (secondary N) is 1. The summed E-state index contributed by atoms with van der Waals surface area (Å²) in [6.07, 6.45) is 1.40. The first-order valence-corrected chi connectivity index (χ1v) is 5.46. The number of benzene rings is 1. The second kappa shape index (κ2) is 5.34. The zero-order valence-electron chi connectivity index (χ0n) is 10.2. The van der Waals surface area contributed by atoms with Gasteiger partial charge >= 0.3 is 5.97 Å². The van der Waals surface area contributed by atoms with Gasteiger partial charge in [0.2, 0.25) is 0 Å². The third-order valence-electron chi connectivity index (χ3n) is 2.40. The average Bonchev–Trinajstić information content (AvgIpc) is 2.40. The summed E-state index contributed by atoms with van der Waals surface area (Å²) in [6, 6.07) is 7.26. The van der Waals surface area contributed by atoms with Crippen LogP contribution < -0.4 is 11.1 Å². The molecule has 0 amide bonds. The predicted octanol–water partition coefficient (Wildman–Crippen LogP) is 2.33. The van der Waals surface area contributed by atoms with Crippen molar-refractivity contribution in [3.05, 3.63) is 47.9 Å². The number of pyridine rings is 1. The van der Waals surface area contributed by atoms with Crippen LogP contribution in [0.15, 0.2) is 36.5 Å². The number of anilines is 3. The Balaban J connectivity index is 2.37. The maximum absolute atomic E-state index is 13.1. The van der Waals surface area contributed by atoms with Gasteiger partial charge in [-0.1, -0.05) is 6.07 Å². The smallest absolute Gasteiger partial charge is 0.341 e. The third-order valence-corrected chi connectivity index (χ3v) is 2.40. The highest BCUT2D eigenvalue weighted by Gasteiger charge is 2.14. The van der Waals surface area contributed by atoms with Gasteiger partial charge in [-0.15, -0.1) is 0 Å². The number of carbonyl (C=O) groups excluding carboxylic acids is 1. The molecule has 2 aromatic rings. The number of hydrogen-bond donors (Lipinski definition) is 2. The van der Waals surface area contributed by atoms with E-state index in [4.69, 9.17) is 5.73 Å². The SMILES string of the molecule is COC(=O)c1cc(N)cnc1Nc1cccc(F)c1. The van der Waals surface area contributed by atoms with Gasteiger partial charge in [0.1, 0.15) is 17.2 Å². The van der Waals surface area contributed by atoms with Crippen LogP contribution in [-0.2, 0) is 4.74 Å². The molecule has 0 aliphatic rings. The number of carbonyl (C=O) groups is 1. The van der Waals surface area contributed by atoms with E-state index < -0.39 is 5.97 Å². The second-order valence-corrected chi connectivity index (χ2v) is 3.79. The normalized spacial score (nSPS) is 10.0. The number of nitrogens with two attached hydrogens (primary N) is 1. The molecule has 2 rings (SSSR count). The van der Waals surface area contributed by atoms with Crippen LogP contribution in [0.5, 0.6) is 0 Å². The summed E-state index contributed by atoms with van der Waals surface area (Å²) >= 11 is 0. The zero-order valence-corrected chi connectivity index (χ0v) is 10.2. The number of ether oxygens (including phenoxy) is 1. The lowest BCUT2D eigenvalue weighted by atomic mass is 10.2. The number of aromatic nitrogens is 1. The van der Waals surface area contributed by atoms with E-state index >= 15 is 0 Å². The summed E-state index contributed by atoms with van der Waals surface area (Å²) < 4.78 is 17.7. The number of nitrogens with zero attached hydrogens (tertiary/aromatic N) is 1. The number of nitrogen functional groups attached to an aromatic ring is 1. The molecule has 0 bridgehead atoms. The predicted molar refractivity (Wildman–Crippen MR) is 69.7 cm³/mol. The maximum atomic E-state index is 13.1. The molecule has 0 radical (unpaired) electrons. The number of rotatable bonds is 3. The Morgan fingerprint density at radius 3 is 2.89 bits per heavy atom. The van der Waals surface area contributed by atoms with Gasteiger partial charge in [-0.2, -0.15) is 0 Å². The van der Waals surface area contributed by atoms with Crippen molar-refractivity contribution < 1.29 is 13.9 Å². The van der Waals surface area contributed by atoms with Crippen molar-refractivity contribution in [3.63, 3.8) is 0 Å². The van der Waals surface area contributed by atoms with Crippen molar-refractivity contribution in [2.75, 3.05) is 18.2 Å². The van der Waals surface area contributed by atoms with Gasteiger partial charge < -0.3 is 15.8 Å². The molecular formula is C13H12FN3O2. The minimum atomic E-state index is -0.571. The van der Waals surface area contributed by atoms with E-state index in [0.717, 1.165) is 0 Å². The molecule has 0 saturated heterocycles. The van der Waals surface area contributed by atoms with E-state index in [0.29, 0.717) is 11.4 Å². The Bertz CT molecular complexity index is 617. The van der Waals surface area contributed by atoms with Gasteiger partial charge in [0.05, 0.1) is 19.0 Å². The van der Waals surface area contributed by atoms with Crippen molar-refractivity contribution >= 4 is 23.2 Å². The summed E-state index contributed by atoms with van der Waals surface area (Å²) in [5.74, 6) is -0.703. The number of hydrogen-bond acceptors (Lipinski definition) is 5. The Morgan fingerprint density at radius 2 is 2.21 bits per heavy atom. The fourth-order valence-electron chi connectivity index (χ4n) is 1.55. The van der Waals surface area contributed by atoms with Crippen LogP contribution in [0.2, 0.25) is 0 Å². The van der Waals surface area contributed by atoms with Gasteiger partial charge in [-0.3, -0.25) is 0 Å². The lowest BCUT2D eigenvalue weighted by molar-refractivity contribution is 0.0601. The summed E-state index contributed by atoms with van der Waals surface area (Å²) in [6.45, 7) is 0. The maximum Gasteiger partial charge on any atom is 0.341 e. The van der Waals surface area contributed by atoms with Crippen LogP contribution in [0.4, 0.5) is 21.6 Å². The van der Waals surface area contributed by atoms with Gasteiger partial charge in [-0.05, 0) is 24.3 Å². The molecular weight excluding hydrogens is 249 g/mol. The topological polar surface area (TPSA) is 77.2 Å². The Hall–Kier alpha value is -2.63. The first-order chi connectivity index (χ1) is 9.10. The van der Waals surface area contributed by atoms with Crippen molar-refractivity contribution in [2.24, 2.45) is 0 Å². The molecule has 6 heteroatoms. The summed E-state index contributed by atoms with van der Waals surface area (Å²) in [4.78, 5) is 15.6. The van der Waals surface area contributed by atoms with Crippen molar-refractivity contribution in [2.45, 2.75) is 0 Å². The van der Waals surface area contributed by atoms with Crippen molar-refractivity contribution in [3.8, 4) is 0 Å². The van der Waals surface area contributed by atoms with Crippen LogP contribution in [0, 0.1) is 5.82 Å².